The van der Waals surface area contributed by atoms with E-state index in [2.05, 4.69) is 28.6 Å². The first-order valence-corrected chi connectivity index (χ1v) is 10.7. The monoisotopic (exact) mass is 448 g/mol. The van der Waals surface area contributed by atoms with Gasteiger partial charge in [0.15, 0.2) is 0 Å². The molecule has 0 aromatic heterocycles. The molecule has 0 aromatic rings. The number of unbranched alkanes of at least 4 members (excludes halogenated alkanes) is 2. The standard InChI is InChI=1S/C18H36N6O5S/c1-11(21)15(25)22-12(6-2-4-8-19)16(26)24-14(10-30)17(27)23-13(18(28)29)7-3-5-9-20/h11-14,30H,2-10,19-21H2,1H3,(H,22,25)(H,23,27)(H,24,26)(H,28,29). The Morgan fingerprint density at radius 1 is 0.800 bits per heavy atom. The van der Waals surface area contributed by atoms with Crippen molar-refractivity contribution in [2.75, 3.05) is 18.8 Å². The van der Waals surface area contributed by atoms with Crippen LogP contribution in [-0.4, -0.2) is 71.8 Å². The first-order valence-electron chi connectivity index (χ1n) is 10.1. The Morgan fingerprint density at radius 3 is 1.67 bits per heavy atom. The Labute approximate surface area is 182 Å². The van der Waals surface area contributed by atoms with E-state index >= 15 is 0 Å². The highest BCUT2D eigenvalue weighted by Gasteiger charge is 2.29. The molecule has 3 amide bonds. The Hall–Kier alpha value is -1.89. The van der Waals surface area contributed by atoms with Gasteiger partial charge in [0, 0.05) is 5.75 Å². The zero-order chi connectivity index (χ0) is 23.1. The molecule has 12 heteroatoms. The summed E-state index contributed by atoms with van der Waals surface area (Å²) in [6.45, 7) is 2.36. The second kappa shape index (κ2) is 15.9. The number of aliphatic carboxylic acids is 1. The third-order valence-electron chi connectivity index (χ3n) is 4.37. The van der Waals surface area contributed by atoms with E-state index in [0.29, 0.717) is 45.2 Å². The van der Waals surface area contributed by atoms with Crippen molar-refractivity contribution in [1.29, 1.82) is 0 Å². The topological polar surface area (TPSA) is 203 Å². The summed E-state index contributed by atoms with van der Waals surface area (Å²) in [5.41, 5.74) is 16.4. The molecule has 4 unspecified atom stereocenters. The molecule has 0 rings (SSSR count). The van der Waals surface area contributed by atoms with Gasteiger partial charge in [0.05, 0.1) is 6.04 Å². The number of thiol groups is 1. The number of carboxylic acids is 1. The van der Waals surface area contributed by atoms with Gasteiger partial charge in [-0.05, 0) is 58.5 Å². The maximum Gasteiger partial charge on any atom is 0.326 e. The number of rotatable bonds is 16. The molecule has 0 saturated carbocycles. The second-order valence-electron chi connectivity index (χ2n) is 7.06. The average molecular weight is 449 g/mol. The normalized spacial score (nSPS) is 14.8. The van der Waals surface area contributed by atoms with E-state index in [1.54, 1.807) is 0 Å². The predicted molar refractivity (Wildman–Crippen MR) is 117 cm³/mol. The maximum atomic E-state index is 12.7. The van der Waals surface area contributed by atoms with E-state index in [4.69, 9.17) is 17.2 Å². The Bertz CT molecular complexity index is 563. The summed E-state index contributed by atoms with van der Waals surface area (Å²) in [5.74, 6) is -2.97. The molecule has 174 valence electrons. The molecule has 30 heavy (non-hydrogen) atoms. The van der Waals surface area contributed by atoms with Crippen LogP contribution in [0.5, 0.6) is 0 Å². The van der Waals surface area contributed by atoms with Gasteiger partial charge in [-0.3, -0.25) is 14.4 Å². The van der Waals surface area contributed by atoms with Crippen LogP contribution in [0.1, 0.15) is 45.4 Å². The third-order valence-corrected chi connectivity index (χ3v) is 4.74. The minimum absolute atomic E-state index is 0.0521. The zero-order valence-electron chi connectivity index (χ0n) is 17.4. The van der Waals surface area contributed by atoms with Gasteiger partial charge < -0.3 is 38.3 Å². The number of hydrogen-bond donors (Lipinski definition) is 8. The first-order chi connectivity index (χ1) is 14.2. The SMILES string of the molecule is CC(N)C(=O)NC(CCCCN)C(=O)NC(CS)C(=O)NC(CCCCN)C(=O)O. The molecule has 0 saturated heterocycles. The summed E-state index contributed by atoms with van der Waals surface area (Å²) in [6.07, 6.45) is 2.97. The van der Waals surface area contributed by atoms with Crippen molar-refractivity contribution in [1.82, 2.24) is 16.0 Å². The molecule has 0 radical (unpaired) electrons. The summed E-state index contributed by atoms with van der Waals surface area (Å²) < 4.78 is 0. The van der Waals surface area contributed by atoms with Crippen molar-refractivity contribution in [3.05, 3.63) is 0 Å². The number of nitrogens with two attached hydrogens (primary N) is 3. The molecule has 0 bridgehead atoms. The third kappa shape index (κ3) is 11.3. The number of nitrogens with one attached hydrogen (secondary N) is 3. The number of amides is 3. The number of hydrogen-bond acceptors (Lipinski definition) is 8. The molecule has 0 aliphatic rings. The second-order valence-corrected chi connectivity index (χ2v) is 7.43. The van der Waals surface area contributed by atoms with Crippen molar-refractivity contribution in [2.45, 2.75) is 69.6 Å². The molecule has 4 atom stereocenters. The number of carbonyl (C=O) groups excluding carboxylic acids is 3. The van der Waals surface area contributed by atoms with E-state index in [0.717, 1.165) is 0 Å². The molecular weight excluding hydrogens is 412 g/mol. The molecule has 0 fully saturated rings. The van der Waals surface area contributed by atoms with Gasteiger partial charge in [0.2, 0.25) is 17.7 Å². The van der Waals surface area contributed by atoms with Gasteiger partial charge in [-0.25, -0.2) is 4.79 Å². The van der Waals surface area contributed by atoms with Crippen molar-refractivity contribution in [3.8, 4) is 0 Å². The largest absolute Gasteiger partial charge is 0.480 e. The lowest BCUT2D eigenvalue weighted by atomic mass is 10.1. The molecule has 0 aliphatic carbocycles. The fourth-order valence-corrected chi connectivity index (χ4v) is 2.81. The van der Waals surface area contributed by atoms with Crippen molar-refractivity contribution >= 4 is 36.3 Å². The highest BCUT2D eigenvalue weighted by Crippen LogP contribution is 2.05. The van der Waals surface area contributed by atoms with Crippen LogP contribution in [0.15, 0.2) is 0 Å². The fourth-order valence-electron chi connectivity index (χ4n) is 2.55. The van der Waals surface area contributed by atoms with E-state index in [9.17, 15) is 24.3 Å². The summed E-state index contributed by atoms with van der Waals surface area (Å²) >= 11 is 4.08. The molecule has 11 nitrogen and oxygen atoms in total. The van der Waals surface area contributed by atoms with Crippen LogP contribution in [0.2, 0.25) is 0 Å². The lowest BCUT2D eigenvalue weighted by Crippen LogP contribution is -2.57. The van der Waals surface area contributed by atoms with Gasteiger partial charge >= 0.3 is 5.97 Å². The average Bonchev–Trinajstić information content (AvgIpc) is 2.69. The van der Waals surface area contributed by atoms with Crippen LogP contribution in [0.25, 0.3) is 0 Å². The van der Waals surface area contributed by atoms with Crippen molar-refractivity contribution < 1.29 is 24.3 Å². The van der Waals surface area contributed by atoms with E-state index < -0.39 is 47.9 Å². The molecular formula is C18H36N6O5S. The zero-order valence-corrected chi connectivity index (χ0v) is 18.3. The van der Waals surface area contributed by atoms with Gasteiger partial charge in [-0.2, -0.15) is 12.6 Å². The van der Waals surface area contributed by atoms with Gasteiger partial charge in [-0.15, -0.1) is 0 Å². The molecule has 0 aromatic carbocycles. The Balaban J connectivity index is 5.05. The summed E-state index contributed by atoms with van der Waals surface area (Å²) in [7, 11) is 0. The van der Waals surface area contributed by atoms with Crippen molar-refractivity contribution in [3.63, 3.8) is 0 Å². The van der Waals surface area contributed by atoms with Crippen LogP contribution in [0.3, 0.4) is 0 Å². The van der Waals surface area contributed by atoms with Gasteiger partial charge in [-0.1, -0.05) is 0 Å². The predicted octanol–water partition coefficient (Wildman–Crippen LogP) is -1.94. The van der Waals surface area contributed by atoms with Crippen LogP contribution >= 0.6 is 12.6 Å². The maximum absolute atomic E-state index is 12.7. The van der Waals surface area contributed by atoms with E-state index in [-0.39, 0.29) is 12.2 Å². The van der Waals surface area contributed by atoms with Crippen LogP contribution < -0.4 is 33.2 Å². The summed E-state index contributed by atoms with van der Waals surface area (Å²) in [5, 5.41) is 16.8. The minimum atomic E-state index is -1.17. The van der Waals surface area contributed by atoms with Gasteiger partial charge in [0.25, 0.3) is 0 Å². The summed E-state index contributed by atoms with van der Waals surface area (Å²) in [4.78, 5) is 48.4. The summed E-state index contributed by atoms with van der Waals surface area (Å²) in [6, 6.07) is -3.86. The first kappa shape index (κ1) is 28.1. The Morgan fingerprint density at radius 2 is 1.23 bits per heavy atom. The quantitative estimate of drug-likeness (QED) is 0.0983. The van der Waals surface area contributed by atoms with Gasteiger partial charge in [0.1, 0.15) is 18.1 Å². The van der Waals surface area contributed by atoms with Crippen LogP contribution in [0.4, 0.5) is 0 Å². The fraction of sp³-hybridized carbons (Fsp3) is 0.778. The Kier molecular flexibility index (Phi) is 14.9. The number of carboxylic acid groups (broad SMARTS) is 1. The van der Waals surface area contributed by atoms with Crippen LogP contribution in [-0.2, 0) is 19.2 Å². The highest BCUT2D eigenvalue weighted by atomic mass is 32.1. The molecule has 0 aliphatic heterocycles. The molecule has 0 spiro atoms. The van der Waals surface area contributed by atoms with E-state index in [1.807, 2.05) is 0 Å². The smallest absolute Gasteiger partial charge is 0.326 e. The minimum Gasteiger partial charge on any atom is -0.480 e. The number of carbonyl (C=O) groups is 4. The lowest BCUT2D eigenvalue weighted by molar-refractivity contribution is -0.142. The van der Waals surface area contributed by atoms with E-state index in [1.165, 1.54) is 6.92 Å². The highest BCUT2D eigenvalue weighted by molar-refractivity contribution is 7.80. The lowest BCUT2D eigenvalue weighted by Gasteiger charge is -2.24. The van der Waals surface area contributed by atoms with Crippen LogP contribution in [0, 0.1) is 0 Å². The van der Waals surface area contributed by atoms with Crippen molar-refractivity contribution in [2.24, 2.45) is 17.2 Å². The molecule has 10 N–H and O–H groups in total. The molecule has 0 heterocycles.